The van der Waals surface area contributed by atoms with Crippen molar-refractivity contribution in [2.45, 2.75) is 5.25 Å². The molecule has 1 saturated heterocycles. The van der Waals surface area contributed by atoms with Gasteiger partial charge in [0.25, 0.3) is 0 Å². The molecule has 0 aliphatic carbocycles. The first kappa shape index (κ1) is 7.25. The van der Waals surface area contributed by atoms with E-state index in [1.807, 2.05) is 23.9 Å². The largest absolute Gasteiger partial charge is 0.468 e. The quantitative estimate of drug-likeness (QED) is 0.638. The molecular weight excluding hydrogens is 158 g/mol. The summed E-state index contributed by atoms with van der Waals surface area (Å²) in [6.45, 7) is 1.92. The highest BCUT2D eigenvalue weighted by Gasteiger charge is 2.18. The smallest absolute Gasteiger partial charge is 0.118 e. The van der Waals surface area contributed by atoms with Crippen LogP contribution in [0, 0.1) is 0 Å². The zero-order valence-corrected chi connectivity index (χ0v) is 7.01. The molecule has 1 aliphatic rings. The number of rotatable bonds is 1. The topological polar surface area (TPSA) is 27.2 Å². The third kappa shape index (κ3) is 1.60. The van der Waals surface area contributed by atoms with E-state index in [1.165, 1.54) is 0 Å². The lowest BCUT2D eigenvalue weighted by atomic mass is 10.3. The molecule has 0 amide bonds. The fourth-order valence-corrected chi connectivity index (χ4v) is 2.20. The van der Waals surface area contributed by atoms with E-state index in [1.54, 1.807) is 6.26 Å². The van der Waals surface area contributed by atoms with Crippen LogP contribution in [0.2, 0.25) is 0 Å². The number of nitrogens with zero attached hydrogens (tertiary/aromatic N) is 1. The first-order chi connectivity index (χ1) is 5.47. The van der Waals surface area contributed by atoms with Crippen LogP contribution in [-0.2, 0) is 0 Å². The maximum absolute atomic E-state index is 5.29. The molecule has 0 bridgehead atoms. The molecule has 1 radical (unpaired) electrons. The first-order valence-electron chi connectivity index (χ1n) is 3.75. The van der Waals surface area contributed by atoms with Gasteiger partial charge in [0.05, 0.1) is 11.5 Å². The van der Waals surface area contributed by atoms with E-state index in [4.69, 9.17) is 4.42 Å². The molecule has 1 aromatic rings. The van der Waals surface area contributed by atoms with Gasteiger partial charge in [-0.05, 0) is 12.1 Å². The first-order valence-corrected chi connectivity index (χ1v) is 4.80. The number of hydrogen-bond acceptors (Lipinski definition) is 2. The van der Waals surface area contributed by atoms with Crippen LogP contribution in [0.25, 0.3) is 0 Å². The van der Waals surface area contributed by atoms with Gasteiger partial charge in [-0.2, -0.15) is 0 Å². The van der Waals surface area contributed by atoms with Gasteiger partial charge >= 0.3 is 0 Å². The van der Waals surface area contributed by atoms with Crippen molar-refractivity contribution in [3.8, 4) is 0 Å². The summed E-state index contributed by atoms with van der Waals surface area (Å²) in [7, 11) is 0. The maximum atomic E-state index is 5.29. The number of thioether (sulfide) groups is 1. The van der Waals surface area contributed by atoms with E-state index in [0.29, 0.717) is 5.25 Å². The predicted octanol–water partition coefficient (Wildman–Crippen LogP) is 1.67. The van der Waals surface area contributed by atoms with E-state index < -0.39 is 0 Å². The van der Waals surface area contributed by atoms with E-state index in [-0.39, 0.29) is 0 Å². The number of hydrogen-bond donors (Lipinski definition) is 0. The van der Waals surface area contributed by atoms with E-state index in [2.05, 4.69) is 5.32 Å². The van der Waals surface area contributed by atoms with Gasteiger partial charge in [-0.3, -0.25) is 0 Å². The van der Waals surface area contributed by atoms with Crippen LogP contribution in [0.1, 0.15) is 11.0 Å². The molecule has 2 nitrogen and oxygen atoms in total. The van der Waals surface area contributed by atoms with Gasteiger partial charge in [-0.15, -0.1) is 11.8 Å². The van der Waals surface area contributed by atoms with Crippen molar-refractivity contribution < 1.29 is 4.42 Å². The van der Waals surface area contributed by atoms with Crippen molar-refractivity contribution >= 4 is 11.8 Å². The second-order valence-corrected chi connectivity index (χ2v) is 3.82. The summed E-state index contributed by atoms with van der Waals surface area (Å²) < 4.78 is 5.29. The van der Waals surface area contributed by atoms with Crippen molar-refractivity contribution in [1.82, 2.24) is 5.32 Å². The fraction of sp³-hybridized carbons (Fsp3) is 0.500. The zero-order valence-electron chi connectivity index (χ0n) is 6.19. The minimum Gasteiger partial charge on any atom is -0.468 e. The van der Waals surface area contributed by atoms with E-state index in [0.717, 1.165) is 24.6 Å². The average Bonchev–Trinajstić information content (AvgIpc) is 2.58. The molecule has 1 aromatic heterocycles. The maximum Gasteiger partial charge on any atom is 0.118 e. The van der Waals surface area contributed by atoms with Crippen LogP contribution in [0.15, 0.2) is 22.8 Å². The second-order valence-electron chi connectivity index (χ2n) is 2.50. The Morgan fingerprint density at radius 3 is 3.27 bits per heavy atom. The Kier molecular flexibility index (Phi) is 2.19. The summed E-state index contributed by atoms with van der Waals surface area (Å²) in [4.78, 5) is 0. The lowest BCUT2D eigenvalue weighted by molar-refractivity contribution is 0.491. The summed E-state index contributed by atoms with van der Waals surface area (Å²) in [6, 6.07) is 3.96. The highest BCUT2D eigenvalue weighted by Crippen LogP contribution is 2.30. The minimum atomic E-state index is 0.471. The molecule has 0 N–H and O–H groups in total. The molecule has 2 heterocycles. The Morgan fingerprint density at radius 1 is 1.64 bits per heavy atom. The van der Waals surface area contributed by atoms with Gasteiger partial charge < -0.3 is 4.42 Å². The zero-order chi connectivity index (χ0) is 7.52. The lowest BCUT2D eigenvalue weighted by Crippen LogP contribution is -2.21. The predicted molar refractivity (Wildman–Crippen MR) is 45.8 cm³/mol. The van der Waals surface area contributed by atoms with E-state index >= 15 is 0 Å². The van der Waals surface area contributed by atoms with Crippen molar-refractivity contribution in [1.29, 1.82) is 0 Å². The molecule has 1 atom stereocenters. The Bertz CT molecular complexity index is 204. The van der Waals surface area contributed by atoms with Crippen LogP contribution in [0.5, 0.6) is 0 Å². The third-order valence-corrected chi connectivity index (χ3v) is 2.93. The van der Waals surface area contributed by atoms with Crippen molar-refractivity contribution in [3.05, 3.63) is 24.2 Å². The minimum absolute atomic E-state index is 0.471. The molecular formula is C8H10NOS. The Morgan fingerprint density at radius 2 is 2.64 bits per heavy atom. The van der Waals surface area contributed by atoms with Gasteiger partial charge in [0.1, 0.15) is 5.76 Å². The molecule has 11 heavy (non-hydrogen) atoms. The molecule has 0 spiro atoms. The summed E-state index contributed by atoms with van der Waals surface area (Å²) in [5, 5.41) is 4.80. The monoisotopic (exact) mass is 168 g/mol. The Balaban J connectivity index is 2.04. The highest BCUT2D eigenvalue weighted by molar-refractivity contribution is 7.99. The summed E-state index contributed by atoms with van der Waals surface area (Å²) in [5.74, 6) is 2.20. The van der Waals surface area contributed by atoms with Crippen molar-refractivity contribution in [2.24, 2.45) is 0 Å². The summed E-state index contributed by atoms with van der Waals surface area (Å²) in [5.41, 5.74) is 0. The second kappa shape index (κ2) is 3.32. The third-order valence-electron chi connectivity index (χ3n) is 1.72. The van der Waals surface area contributed by atoms with Gasteiger partial charge in [-0.25, -0.2) is 5.32 Å². The lowest BCUT2D eigenvalue weighted by Gasteiger charge is -2.18. The van der Waals surface area contributed by atoms with Crippen LogP contribution in [0.4, 0.5) is 0 Å². The van der Waals surface area contributed by atoms with Crippen LogP contribution < -0.4 is 5.32 Å². The molecule has 0 saturated carbocycles. The van der Waals surface area contributed by atoms with Gasteiger partial charge in [0.2, 0.25) is 0 Å². The standard InChI is InChI=1S/C8H10NOS/c1-2-7(10-4-1)8-6-9-3-5-11-8/h1-2,4,8H,3,5-6H2. The summed E-state index contributed by atoms with van der Waals surface area (Å²) in [6.07, 6.45) is 1.73. The van der Waals surface area contributed by atoms with Crippen LogP contribution >= 0.6 is 11.8 Å². The van der Waals surface area contributed by atoms with Crippen molar-refractivity contribution in [2.75, 3.05) is 18.8 Å². The van der Waals surface area contributed by atoms with Gasteiger partial charge in [-0.1, -0.05) is 0 Å². The van der Waals surface area contributed by atoms with Gasteiger partial charge in [0.15, 0.2) is 0 Å². The molecule has 1 unspecified atom stereocenters. The average molecular weight is 168 g/mol. The van der Waals surface area contributed by atoms with Gasteiger partial charge in [0, 0.05) is 18.8 Å². The molecule has 2 rings (SSSR count). The highest BCUT2D eigenvalue weighted by atomic mass is 32.2. The van der Waals surface area contributed by atoms with E-state index in [9.17, 15) is 0 Å². The Labute approximate surface area is 70.4 Å². The fourth-order valence-electron chi connectivity index (χ4n) is 1.17. The number of furan rings is 1. The molecule has 3 heteroatoms. The molecule has 1 fully saturated rings. The molecule has 59 valence electrons. The normalized spacial score (nSPS) is 25.3. The van der Waals surface area contributed by atoms with Crippen LogP contribution in [-0.4, -0.2) is 18.8 Å². The van der Waals surface area contributed by atoms with Crippen molar-refractivity contribution in [3.63, 3.8) is 0 Å². The SMILES string of the molecule is c1coc(C2C[N]CCS2)c1. The van der Waals surface area contributed by atoms with Crippen LogP contribution in [0.3, 0.4) is 0 Å². The Hall–Kier alpha value is -0.410. The summed E-state index contributed by atoms with van der Waals surface area (Å²) >= 11 is 1.93. The molecule has 0 aromatic carbocycles. The molecule has 1 aliphatic heterocycles.